The quantitative estimate of drug-likeness (QED) is 0.0908. The highest BCUT2D eigenvalue weighted by Gasteiger charge is 2.43. The Morgan fingerprint density at radius 1 is 1.11 bits per heavy atom. The fraction of sp³-hybridized carbons (Fsp3) is 0.379. The molecule has 2 aromatic carbocycles. The predicted molar refractivity (Wildman–Crippen MR) is 155 cm³/mol. The van der Waals surface area contributed by atoms with Crippen LogP contribution < -0.4 is 32.1 Å². The minimum Gasteiger partial charge on any atom is -0.466 e. The van der Waals surface area contributed by atoms with E-state index in [0.29, 0.717) is 13.0 Å². The number of carbonyl (C=O) groups excluding carboxylic acids is 4. The second-order valence-electron chi connectivity index (χ2n) is 10.1. The normalized spacial score (nSPS) is 20.0. The van der Waals surface area contributed by atoms with Gasteiger partial charge in [-0.1, -0.05) is 24.3 Å². The summed E-state index contributed by atoms with van der Waals surface area (Å²) in [4.78, 5) is 50.9. The number of hydrogen-bond acceptors (Lipinski definition) is 9. The summed E-state index contributed by atoms with van der Waals surface area (Å²) in [5, 5.41) is 12.0. The van der Waals surface area contributed by atoms with Crippen molar-refractivity contribution in [1.29, 1.82) is 0 Å². The van der Waals surface area contributed by atoms with E-state index >= 15 is 0 Å². The van der Waals surface area contributed by atoms with Crippen LogP contribution in [0.15, 0.2) is 53.7 Å². The van der Waals surface area contributed by atoms with Gasteiger partial charge in [0.05, 0.1) is 30.7 Å². The molecular formula is C29H35F2N7O6. The molecule has 1 fully saturated rings. The summed E-state index contributed by atoms with van der Waals surface area (Å²) in [5.41, 5.74) is 6.96. The number of methoxy groups -OCH3 is 2. The van der Waals surface area contributed by atoms with E-state index in [1.807, 2.05) is 24.3 Å². The number of amides is 5. The number of anilines is 1. The maximum atomic E-state index is 14.3. The summed E-state index contributed by atoms with van der Waals surface area (Å²) < 4.78 is 38.0. The SMILES string of the molecule is COCC1=C(C(=O)OC)[C@H](c2ccc(F)c(F)c2)N(C(=O)NCCNC2CCNC(c3ccccc3NNC=O)C2)C(=O)N1. The van der Waals surface area contributed by atoms with Gasteiger partial charge < -0.3 is 30.7 Å². The highest BCUT2D eigenvalue weighted by Crippen LogP contribution is 2.35. The van der Waals surface area contributed by atoms with Gasteiger partial charge in [-0.2, -0.15) is 0 Å². The van der Waals surface area contributed by atoms with Crippen molar-refractivity contribution in [3.63, 3.8) is 0 Å². The molecule has 0 aromatic heterocycles. The summed E-state index contributed by atoms with van der Waals surface area (Å²) >= 11 is 0. The summed E-state index contributed by atoms with van der Waals surface area (Å²) in [5.74, 6) is -3.23. The third-order valence-electron chi connectivity index (χ3n) is 7.35. The summed E-state index contributed by atoms with van der Waals surface area (Å²) in [7, 11) is 2.47. The summed E-state index contributed by atoms with van der Waals surface area (Å²) in [6, 6.07) is 7.41. The number of rotatable bonds is 12. The molecule has 5 amide bonds. The number of para-hydroxylation sites is 1. The maximum absolute atomic E-state index is 14.3. The van der Waals surface area contributed by atoms with Crippen LogP contribution in [0.2, 0.25) is 0 Å². The van der Waals surface area contributed by atoms with Crippen molar-refractivity contribution in [1.82, 2.24) is 31.6 Å². The van der Waals surface area contributed by atoms with Gasteiger partial charge in [0.15, 0.2) is 11.6 Å². The number of imide groups is 1. The van der Waals surface area contributed by atoms with Crippen molar-refractivity contribution in [2.75, 3.05) is 45.9 Å². The van der Waals surface area contributed by atoms with Crippen LogP contribution in [0.5, 0.6) is 0 Å². The fourth-order valence-electron chi connectivity index (χ4n) is 5.37. The second kappa shape index (κ2) is 15.2. The van der Waals surface area contributed by atoms with E-state index in [9.17, 15) is 28.0 Å². The molecule has 0 bridgehead atoms. The smallest absolute Gasteiger partial charge is 0.338 e. The zero-order chi connectivity index (χ0) is 31.6. The van der Waals surface area contributed by atoms with Crippen molar-refractivity contribution in [2.45, 2.75) is 31.0 Å². The molecule has 15 heteroatoms. The number of benzene rings is 2. The molecule has 0 saturated carbocycles. The number of urea groups is 2. The van der Waals surface area contributed by atoms with Gasteiger partial charge >= 0.3 is 18.0 Å². The van der Waals surface area contributed by atoms with Crippen LogP contribution in [0.4, 0.5) is 24.1 Å². The maximum Gasteiger partial charge on any atom is 0.338 e. The topological polar surface area (TPSA) is 162 Å². The van der Waals surface area contributed by atoms with Gasteiger partial charge in [0.2, 0.25) is 6.41 Å². The summed E-state index contributed by atoms with van der Waals surface area (Å²) in [6.07, 6.45) is 2.12. The number of hydrazine groups is 1. The molecule has 4 rings (SSSR count). The fourth-order valence-corrected chi connectivity index (χ4v) is 5.37. The third-order valence-corrected chi connectivity index (χ3v) is 7.35. The molecule has 0 aliphatic carbocycles. The zero-order valence-electron chi connectivity index (χ0n) is 24.2. The molecule has 1 saturated heterocycles. The lowest BCUT2D eigenvalue weighted by Gasteiger charge is -2.36. The van der Waals surface area contributed by atoms with Crippen molar-refractivity contribution in [3.05, 3.63) is 76.5 Å². The van der Waals surface area contributed by atoms with Crippen LogP contribution in [-0.2, 0) is 19.1 Å². The van der Waals surface area contributed by atoms with Gasteiger partial charge in [-0.15, -0.1) is 0 Å². The standard InChI is InChI=1S/C29H35F2N7O6/c1-43-15-24-25(27(40)44-2)26(17-7-8-20(30)21(31)13-17)38(29(42)36-24)28(41)34-12-11-32-18-9-10-33-23(14-18)19-5-3-4-6-22(19)37-35-16-39/h3-8,13,16,18,23,26,32-33,37H,9-12,14-15H2,1-2H3,(H,34,41)(H,35,39)(H,36,42)/t18?,23?,26-/m0/s1. The number of halogens is 2. The Hall–Kier alpha value is -4.60. The van der Waals surface area contributed by atoms with Gasteiger partial charge in [0.1, 0.15) is 6.04 Å². The lowest BCUT2D eigenvalue weighted by molar-refractivity contribution is -0.137. The lowest BCUT2D eigenvalue weighted by atomic mass is 9.93. The van der Waals surface area contributed by atoms with Crippen LogP contribution in [0, 0.1) is 11.6 Å². The Labute approximate surface area is 252 Å². The summed E-state index contributed by atoms with van der Waals surface area (Å²) in [6.45, 7) is 1.00. The number of esters is 1. The van der Waals surface area contributed by atoms with Crippen LogP contribution >= 0.6 is 0 Å². The van der Waals surface area contributed by atoms with E-state index in [0.717, 1.165) is 54.8 Å². The highest BCUT2D eigenvalue weighted by molar-refractivity contribution is 6.01. The van der Waals surface area contributed by atoms with Gasteiger partial charge in [0, 0.05) is 32.3 Å². The molecule has 13 nitrogen and oxygen atoms in total. The van der Waals surface area contributed by atoms with Gasteiger partial charge in [-0.05, 0) is 48.7 Å². The minimum absolute atomic E-state index is 0.00623. The molecule has 0 spiro atoms. The van der Waals surface area contributed by atoms with E-state index in [2.05, 4.69) is 32.1 Å². The Morgan fingerprint density at radius 3 is 2.64 bits per heavy atom. The lowest BCUT2D eigenvalue weighted by Crippen LogP contribution is -2.56. The number of hydrogen-bond donors (Lipinski definition) is 6. The van der Waals surface area contributed by atoms with Crippen LogP contribution in [0.1, 0.15) is 36.1 Å². The average Bonchev–Trinajstić information content (AvgIpc) is 3.03. The van der Waals surface area contributed by atoms with Crippen LogP contribution in [-0.4, -0.2) is 75.8 Å². The highest BCUT2D eigenvalue weighted by atomic mass is 19.2. The number of piperidine rings is 1. The molecule has 236 valence electrons. The zero-order valence-corrected chi connectivity index (χ0v) is 24.2. The van der Waals surface area contributed by atoms with E-state index in [-0.39, 0.29) is 42.1 Å². The van der Waals surface area contributed by atoms with E-state index in [1.165, 1.54) is 13.2 Å². The molecular weight excluding hydrogens is 580 g/mol. The third kappa shape index (κ3) is 7.48. The number of carbonyl (C=O) groups is 4. The number of ether oxygens (including phenoxy) is 2. The first kappa shape index (κ1) is 32.3. The Kier molecular flexibility index (Phi) is 11.2. The predicted octanol–water partition coefficient (Wildman–Crippen LogP) is 1.97. The van der Waals surface area contributed by atoms with Crippen LogP contribution in [0.3, 0.4) is 0 Å². The van der Waals surface area contributed by atoms with Crippen molar-refractivity contribution < 1.29 is 37.4 Å². The van der Waals surface area contributed by atoms with E-state index in [4.69, 9.17) is 9.47 Å². The molecule has 2 aliphatic rings. The molecule has 2 unspecified atom stereocenters. The minimum atomic E-state index is -1.42. The van der Waals surface area contributed by atoms with Gasteiger partial charge in [0.25, 0.3) is 0 Å². The van der Waals surface area contributed by atoms with Crippen molar-refractivity contribution in [2.24, 2.45) is 0 Å². The van der Waals surface area contributed by atoms with Crippen LogP contribution in [0.25, 0.3) is 0 Å². The molecule has 6 N–H and O–H groups in total. The van der Waals surface area contributed by atoms with E-state index < -0.39 is 35.7 Å². The largest absolute Gasteiger partial charge is 0.466 e. The first-order valence-electron chi connectivity index (χ1n) is 13.9. The Bertz CT molecular complexity index is 1410. The number of nitrogens with zero attached hydrogens (tertiary/aromatic N) is 1. The molecule has 2 heterocycles. The first-order valence-corrected chi connectivity index (χ1v) is 13.9. The monoisotopic (exact) mass is 615 g/mol. The second-order valence-corrected chi connectivity index (χ2v) is 10.1. The molecule has 2 aromatic rings. The van der Waals surface area contributed by atoms with Crippen molar-refractivity contribution >= 4 is 30.1 Å². The van der Waals surface area contributed by atoms with Gasteiger partial charge in [-0.25, -0.2) is 28.1 Å². The van der Waals surface area contributed by atoms with E-state index in [1.54, 1.807) is 0 Å². The number of nitrogens with one attached hydrogen (secondary N) is 6. The van der Waals surface area contributed by atoms with Gasteiger partial charge in [-0.3, -0.25) is 15.6 Å². The van der Waals surface area contributed by atoms with Crippen molar-refractivity contribution in [3.8, 4) is 0 Å². The molecule has 0 radical (unpaired) electrons. The Morgan fingerprint density at radius 2 is 1.91 bits per heavy atom. The molecule has 44 heavy (non-hydrogen) atoms. The first-order chi connectivity index (χ1) is 21.3. The Balaban J connectivity index is 1.44. The molecule has 2 aliphatic heterocycles. The molecule has 3 atom stereocenters. The average molecular weight is 616 g/mol.